The molecule has 1 saturated heterocycles. The van der Waals surface area contributed by atoms with Gasteiger partial charge in [-0.2, -0.15) is 13.2 Å². The monoisotopic (exact) mass is 166 g/mol. The lowest BCUT2D eigenvalue weighted by molar-refractivity contribution is -0.123. The molecule has 0 N–H and O–H groups in total. The molecule has 65 valence electrons. The summed E-state index contributed by atoms with van der Waals surface area (Å²) in [5.74, 6) is -0.254. The summed E-state index contributed by atoms with van der Waals surface area (Å²) in [6.45, 7) is 1.07. The molecular weight excluding hydrogens is 155 g/mol. The molecule has 1 nitrogen and oxygen atoms in total. The molecular formula is C7H11F3N. The molecule has 0 spiro atoms. The van der Waals surface area contributed by atoms with Gasteiger partial charge in [-0.3, -0.25) is 0 Å². The number of rotatable bonds is 0. The molecule has 0 aromatic heterocycles. The molecule has 0 aromatic rings. The fourth-order valence-electron chi connectivity index (χ4n) is 1.17. The summed E-state index contributed by atoms with van der Waals surface area (Å²) >= 11 is 0. The summed E-state index contributed by atoms with van der Waals surface area (Å²) in [6.07, 6.45) is -3.69. The second-order valence-corrected chi connectivity index (χ2v) is 2.90. The maximum Gasteiger partial charge on any atom is 0.395 e. The Kier molecular flexibility index (Phi) is 2.42. The number of hydrogen-bond donors (Lipinski definition) is 0. The topological polar surface area (TPSA) is 3.24 Å². The zero-order valence-corrected chi connectivity index (χ0v) is 6.41. The van der Waals surface area contributed by atoms with Crippen molar-refractivity contribution >= 4 is 0 Å². The first-order valence-corrected chi connectivity index (χ1v) is 3.60. The van der Waals surface area contributed by atoms with Gasteiger partial charge in [-0.1, -0.05) is 0 Å². The Morgan fingerprint density at radius 1 is 1.18 bits per heavy atom. The minimum Gasteiger partial charge on any atom is -0.306 e. The first-order chi connectivity index (χ1) is 5.00. The van der Waals surface area contributed by atoms with E-state index in [-0.39, 0.29) is 18.8 Å². The van der Waals surface area contributed by atoms with Crippen LogP contribution in [0.5, 0.6) is 0 Å². The summed E-state index contributed by atoms with van der Waals surface area (Å²) in [5.41, 5.74) is 0. The zero-order valence-electron chi connectivity index (χ0n) is 6.41. The van der Waals surface area contributed by atoms with Crippen LogP contribution < -0.4 is 0 Å². The van der Waals surface area contributed by atoms with Crippen molar-refractivity contribution in [1.82, 2.24) is 4.90 Å². The SMILES string of the molecule is CN1CC[C](C(F)(F)F)CC1. The quantitative estimate of drug-likeness (QED) is 0.530. The number of piperidine rings is 1. The molecule has 1 radical (unpaired) electrons. The molecule has 11 heavy (non-hydrogen) atoms. The first-order valence-electron chi connectivity index (χ1n) is 3.60. The number of alkyl halides is 3. The highest BCUT2D eigenvalue weighted by Gasteiger charge is 2.41. The van der Waals surface area contributed by atoms with Gasteiger partial charge in [0.25, 0.3) is 0 Å². The predicted octanol–water partition coefficient (Wildman–Crippen LogP) is 1.85. The van der Waals surface area contributed by atoms with Crippen molar-refractivity contribution in [2.24, 2.45) is 0 Å². The van der Waals surface area contributed by atoms with Crippen LogP contribution >= 0.6 is 0 Å². The molecule has 1 rings (SSSR count). The largest absolute Gasteiger partial charge is 0.395 e. The van der Waals surface area contributed by atoms with E-state index >= 15 is 0 Å². The van der Waals surface area contributed by atoms with Gasteiger partial charge in [0.1, 0.15) is 0 Å². The predicted molar refractivity (Wildman–Crippen MR) is 36.0 cm³/mol. The van der Waals surface area contributed by atoms with E-state index in [0.717, 1.165) is 0 Å². The average Bonchev–Trinajstić information content (AvgIpc) is 1.86. The van der Waals surface area contributed by atoms with Crippen LogP contribution in [0.15, 0.2) is 0 Å². The molecule has 1 aliphatic heterocycles. The van der Waals surface area contributed by atoms with E-state index in [2.05, 4.69) is 0 Å². The van der Waals surface area contributed by atoms with Crippen molar-refractivity contribution in [3.05, 3.63) is 5.92 Å². The summed E-state index contributed by atoms with van der Waals surface area (Å²) in [6, 6.07) is 0. The Bertz CT molecular complexity index is 124. The van der Waals surface area contributed by atoms with E-state index in [1.54, 1.807) is 0 Å². The van der Waals surface area contributed by atoms with Crippen molar-refractivity contribution in [3.63, 3.8) is 0 Å². The smallest absolute Gasteiger partial charge is 0.306 e. The molecule has 1 aliphatic rings. The van der Waals surface area contributed by atoms with Gasteiger partial charge in [-0.15, -0.1) is 0 Å². The normalized spacial score (nSPS) is 24.0. The summed E-state index contributed by atoms with van der Waals surface area (Å²) in [5, 5.41) is 0. The van der Waals surface area contributed by atoms with Gasteiger partial charge in [0.2, 0.25) is 0 Å². The van der Waals surface area contributed by atoms with Gasteiger partial charge in [0.05, 0.1) is 5.92 Å². The Hall–Kier alpha value is -0.250. The Labute approximate surface area is 64.2 Å². The molecule has 0 aliphatic carbocycles. The van der Waals surface area contributed by atoms with Gasteiger partial charge in [0, 0.05) is 0 Å². The maximum atomic E-state index is 12.0. The molecule has 0 unspecified atom stereocenters. The third-order valence-electron chi connectivity index (χ3n) is 1.99. The molecule has 4 heteroatoms. The Morgan fingerprint density at radius 3 is 2.00 bits per heavy atom. The summed E-state index contributed by atoms with van der Waals surface area (Å²) in [4.78, 5) is 1.91. The Balaban J connectivity index is 2.39. The zero-order chi connectivity index (χ0) is 8.48. The van der Waals surface area contributed by atoms with Gasteiger partial charge in [-0.25, -0.2) is 0 Å². The van der Waals surface area contributed by atoms with Gasteiger partial charge in [0.15, 0.2) is 0 Å². The van der Waals surface area contributed by atoms with E-state index in [4.69, 9.17) is 0 Å². The van der Waals surface area contributed by atoms with Crippen molar-refractivity contribution in [1.29, 1.82) is 0 Å². The highest BCUT2D eigenvalue weighted by molar-refractivity contribution is 5.00. The van der Waals surface area contributed by atoms with Crippen LogP contribution in [0.1, 0.15) is 12.8 Å². The molecule has 0 atom stereocenters. The lowest BCUT2D eigenvalue weighted by Gasteiger charge is -2.29. The maximum absolute atomic E-state index is 12.0. The third-order valence-corrected chi connectivity index (χ3v) is 1.99. The summed E-state index contributed by atoms with van der Waals surface area (Å²) in [7, 11) is 1.84. The number of likely N-dealkylation sites (tertiary alicyclic amines) is 1. The molecule has 1 fully saturated rings. The Morgan fingerprint density at radius 2 is 1.64 bits per heavy atom. The average molecular weight is 166 g/mol. The van der Waals surface area contributed by atoms with Crippen molar-refractivity contribution in [2.45, 2.75) is 19.0 Å². The van der Waals surface area contributed by atoms with Crippen molar-refractivity contribution < 1.29 is 13.2 Å². The molecule has 0 bridgehead atoms. The fourth-order valence-corrected chi connectivity index (χ4v) is 1.17. The second-order valence-electron chi connectivity index (χ2n) is 2.90. The highest BCUT2D eigenvalue weighted by atomic mass is 19.4. The highest BCUT2D eigenvalue weighted by Crippen LogP contribution is 2.35. The van der Waals surface area contributed by atoms with Crippen LogP contribution in [0.3, 0.4) is 0 Å². The standard InChI is InChI=1S/C7H11F3N/c1-11-4-2-6(3-5-11)7(8,9)10/h2-5H2,1H3. The van der Waals surface area contributed by atoms with Crippen LogP contribution in [-0.2, 0) is 0 Å². The first kappa shape index (κ1) is 8.84. The van der Waals surface area contributed by atoms with Crippen LogP contribution in [0.4, 0.5) is 13.2 Å². The van der Waals surface area contributed by atoms with Crippen LogP contribution in [0.25, 0.3) is 0 Å². The van der Waals surface area contributed by atoms with E-state index < -0.39 is 6.18 Å². The van der Waals surface area contributed by atoms with Gasteiger partial charge < -0.3 is 4.90 Å². The van der Waals surface area contributed by atoms with E-state index in [0.29, 0.717) is 13.1 Å². The third kappa shape index (κ3) is 2.36. The molecule has 0 aromatic carbocycles. The van der Waals surface area contributed by atoms with E-state index in [9.17, 15) is 13.2 Å². The molecule has 0 saturated carbocycles. The number of hydrogen-bond acceptors (Lipinski definition) is 1. The van der Waals surface area contributed by atoms with Crippen molar-refractivity contribution in [2.75, 3.05) is 20.1 Å². The summed E-state index contributed by atoms with van der Waals surface area (Å²) < 4.78 is 36.0. The minimum absolute atomic E-state index is 0.181. The van der Waals surface area contributed by atoms with Crippen LogP contribution in [0.2, 0.25) is 0 Å². The molecule has 0 amide bonds. The fraction of sp³-hybridized carbons (Fsp3) is 0.857. The van der Waals surface area contributed by atoms with E-state index in [1.807, 2.05) is 11.9 Å². The van der Waals surface area contributed by atoms with Crippen molar-refractivity contribution in [3.8, 4) is 0 Å². The molecule has 1 heterocycles. The van der Waals surface area contributed by atoms with Crippen LogP contribution in [0, 0.1) is 5.92 Å². The minimum atomic E-state index is -4.05. The van der Waals surface area contributed by atoms with E-state index in [1.165, 1.54) is 0 Å². The second kappa shape index (κ2) is 3.01. The van der Waals surface area contributed by atoms with Gasteiger partial charge >= 0.3 is 6.18 Å². The number of halogens is 3. The lowest BCUT2D eigenvalue weighted by Crippen LogP contribution is -2.35. The van der Waals surface area contributed by atoms with Crippen LogP contribution in [-0.4, -0.2) is 31.2 Å². The number of nitrogens with zero attached hydrogens (tertiary/aromatic N) is 1. The van der Waals surface area contributed by atoms with Gasteiger partial charge in [-0.05, 0) is 33.0 Å². The lowest BCUT2D eigenvalue weighted by atomic mass is 9.97.